The van der Waals surface area contributed by atoms with Crippen molar-refractivity contribution in [1.82, 2.24) is 5.32 Å². The largest absolute Gasteiger partial charge is 0.496 e. The summed E-state index contributed by atoms with van der Waals surface area (Å²) in [6.45, 7) is 0.344. The van der Waals surface area contributed by atoms with E-state index >= 15 is 0 Å². The van der Waals surface area contributed by atoms with Gasteiger partial charge in [0.2, 0.25) is 9.84 Å². The lowest BCUT2D eigenvalue weighted by molar-refractivity contribution is 0.0954. The molecular weight excluding hydrogens is 352 g/mol. The molecule has 0 spiro atoms. The van der Waals surface area contributed by atoms with Gasteiger partial charge in [-0.05, 0) is 42.3 Å². The molecule has 2 rings (SSSR count). The summed E-state index contributed by atoms with van der Waals surface area (Å²) < 4.78 is 52.8. The second-order valence-electron chi connectivity index (χ2n) is 5.15. The number of carbonyl (C=O) groups excluding carboxylic acids is 1. The Morgan fingerprint density at radius 3 is 2.36 bits per heavy atom. The van der Waals surface area contributed by atoms with E-state index in [1.165, 1.54) is 12.1 Å². The molecule has 2 aromatic carbocycles. The molecule has 25 heavy (non-hydrogen) atoms. The summed E-state index contributed by atoms with van der Waals surface area (Å²) in [5, 5.41) is 2.69. The third-order valence-corrected chi connectivity index (χ3v) is 4.95. The highest BCUT2D eigenvalue weighted by atomic mass is 32.2. The Kier molecular flexibility index (Phi) is 6.08. The topological polar surface area (TPSA) is 72.5 Å². The van der Waals surface area contributed by atoms with E-state index in [1.807, 2.05) is 24.3 Å². The van der Waals surface area contributed by atoms with Gasteiger partial charge in [0.25, 0.3) is 5.91 Å². The summed E-state index contributed by atoms with van der Waals surface area (Å²) in [4.78, 5) is 11.5. The van der Waals surface area contributed by atoms with Gasteiger partial charge in [0.05, 0.1) is 12.0 Å². The molecule has 0 heterocycles. The maximum absolute atomic E-state index is 12.5. The van der Waals surface area contributed by atoms with E-state index in [0.29, 0.717) is 13.0 Å². The van der Waals surface area contributed by atoms with Crippen molar-refractivity contribution in [3.05, 3.63) is 59.7 Å². The third kappa shape index (κ3) is 4.54. The number of amides is 1. The van der Waals surface area contributed by atoms with E-state index in [0.717, 1.165) is 23.4 Å². The van der Waals surface area contributed by atoms with Crippen LogP contribution in [0.5, 0.6) is 5.75 Å². The molecule has 0 unspecified atom stereocenters. The Labute approximate surface area is 144 Å². The molecule has 134 valence electrons. The smallest absolute Gasteiger partial charge is 0.341 e. The molecule has 0 atom stereocenters. The van der Waals surface area contributed by atoms with E-state index in [2.05, 4.69) is 5.32 Å². The number of nitrogens with one attached hydrogen (secondary N) is 1. The van der Waals surface area contributed by atoms with Crippen LogP contribution >= 0.6 is 0 Å². The molecule has 5 nitrogen and oxygen atoms in total. The number of halogens is 2. The summed E-state index contributed by atoms with van der Waals surface area (Å²) in [5.41, 5.74) is 1.12. The van der Waals surface area contributed by atoms with Crippen molar-refractivity contribution in [1.29, 1.82) is 0 Å². The first-order valence-electron chi connectivity index (χ1n) is 7.38. The first-order chi connectivity index (χ1) is 11.9. The minimum Gasteiger partial charge on any atom is -0.496 e. The van der Waals surface area contributed by atoms with Crippen LogP contribution in [0.25, 0.3) is 0 Å². The van der Waals surface area contributed by atoms with Crippen molar-refractivity contribution >= 4 is 15.7 Å². The maximum atomic E-state index is 12.5. The summed E-state index contributed by atoms with van der Waals surface area (Å²) in [6.07, 6.45) is 0.549. The van der Waals surface area contributed by atoms with Crippen LogP contribution in [0.1, 0.15) is 15.9 Å². The third-order valence-electron chi connectivity index (χ3n) is 3.55. The molecule has 0 aliphatic carbocycles. The number of carbonyl (C=O) groups is 1. The quantitative estimate of drug-likeness (QED) is 0.814. The van der Waals surface area contributed by atoms with Crippen molar-refractivity contribution in [2.75, 3.05) is 13.7 Å². The molecule has 0 aromatic heterocycles. The molecule has 0 bridgehead atoms. The number of alkyl halides is 2. The van der Waals surface area contributed by atoms with E-state index in [-0.39, 0.29) is 5.56 Å². The van der Waals surface area contributed by atoms with Gasteiger partial charge in [0, 0.05) is 12.1 Å². The van der Waals surface area contributed by atoms with Crippen molar-refractivity contribution < 1.29 is 26.7 Å². The molecule has 0 aliphatic heterocycles. The lowest BCUT2D eigenvalue weighted by Gasteiger charge is -2.09. The van der Waals surface area contributed by atoms with Crippen LogP contribution in [-0.4, -0.2) is 33.7 Å². The lowest BCUT2D eigenvalue weighted by Crippen LogP contribution is -2.25. The zero-order valence-electron chi connectivity index (χ0n) is 13.4. The second kappa shape index (κ2) is 8.06. The first-order valence-corrected chi connectivity index (χ1v) is 8.93. The van der Waals surface area contributed by atoms with Crippen LogP contribution in [0.4, 0.5) is 8.78 Å². The van der Waals surface area contributed by atoms with Crippen molar-refractivity contribution in [2.45, 2.75) is 17.1 Å². The predicted octanol–water partition coefficient (Wildman–Crippen LogP) is 2.66. The molecule has 0 radical (unpaired) electrons. The monoisotopic (exact) mass is 369 g/mol. The summed E-state index contributed by atoms with van der Waals surface area (Å²) >= 11 is 0. The summed E-state index contributed by atoms with van der Waals surface area (Å²) in [6, 6.07) is 11.8. The molecule has 0 saturated heterocycles. The minimum atomic E-state index is -4.66. The number of methoxy groups -OCH3 is 1. The molecule has 1 amide bonds. The van der Waals surface area contributed by atoms with Crippen molar-refractivity contribution in [2.24, 2.45) is 0 Å². The fourth-order valence-corrected chi connectivity index (χ4v) is 2.94. The molecule has 0 aliphatic rings. The zero-order valence-corrected chi connectivity index (χ0v) is 14.2. The number of hydrogen-bond donors (Lipinski definition) is 1. The fourth-order valence-electron chi connectivity index (χ4n) is 2.22. The molecule has 1 N–H and O–H groups in total. The molecule has 8 heteroatoms. The fraction of sp³-hybridized carbons (Fsp3) is 0.235. The van der Waals surface area contributed by atoms with E-state index in [4.69, 9.17) is 4.74 Å². The first kappa shape index (κ1) is 18.9. The van der Waals surface area contributed by atoms with Gasteiger partial charge in [0.1, 0.15) is 5.75 Å². The summed E-state index contributed by atoms with van der Waals surface area (Å²) in [7, 11) is -3.10. The average Bonchev–Trinajstić information content (AvgIpc) is 2.62. The van der Waals surface area contributed by atoms with E-state index < -0.39 is 26.4 Å². The second-order valence-corrected chi connectivity index (χ2v) is 7.07. The van der Waals surface area contributed by atoms with Crippen LogP contribution in [0.3, 0.4) is 0 Å². The standard InChI is InChI=1S/C17H17F2NO4S/c1-24-15-5-3-2-4-12(15)10-11-20-16(21)13-6-8-14(9-7-13)25(22,23)17(18)19/h2-9,17H,10-11H2,1H3,(H,20,21). The van der Waals surface area contributed by atoms with Crippen molar-refractivity contribution in [3.8, 4) is 5.75 Å². The molecular formula is C17H17F2NO4S. The zero-order chi connectivity index (χ0) is 18.4. The highest BCUT2D eigenvalue weighted by Gasteiger charge is 2.26. The predicted molar refractivity (Wildman–Crippen MR) is 88.7 cm³/mol. The normalized spacial score (nSPS) is 11.4. The number of benzene rings is 2. The highest BCUT2D eigenvalue weighted by molar-refractivity contribution is 7.91. The number of para-hydroxylation sites is 1. The Balaban J connectivity index is 1.97. The van der Waals surface area contributed by atoms with Gasteiger partial charge in [-0.1, -0.05) is 18.2 Å². The molecule has 2 aromatic rings. The van der Waals surface area contributed by atoms with Gasteiger partial charge in [-0.2, -0.15) is 8.78 Å². The lowest BCUT2D eigenvalue weighted by atomic mass is 10.1. The van der Waals surface area contributed by atoms with Gasteiger partial charge in [-0.15, -0.1) is 0 Å². The van der Waals surface area contributed by atoms with Gasteiger partial charge in [0.15, 0.2) is 0 Å². The van der Waals surface area contributed by atoms with E-state index in [1.54, 1.807) is 7.11 Å². The molecule has 0 saturated carbocycles. The highest BCUT2D eigenvalue weighted by Crippen LogP contribution is 2.19. The van der Waals surface area contributed by atoms with Gasteiger partial charge in [-0.25, -0.2) is 8.42 Å². The average molecular weight is 369 g/mol. The van der Waals surface area contributed by atoms with Crippen LogP contribution in [0.15, 0.2) is 53.4 Å². The summed E-state index contributed by atoms with van der Waals surface area (Å²) in [5.74, 6) is -3.19. The van der Waals surface area contributed by atoms with Crippen LogP contribution in [0, 0.1) is 0 Å². The van der Waals surface area contributed by atoms with Crippen LogP contribution in [0.2, 0.25) is 0 Å². The Morgan fingerprint density at radius 1 is 1.12 bits per heavy atom. The van der Waals surface area contributed by atoms with E-state index in [9.17, 15) is 22.0 Å². The number of hydrogen-bond acceptors (Lipinski definition) is 4. The number of rotatable bonds is 7. The van der Waals surface area contributed by atoms with Gasteiger partial charge >= 0.3 is 5.76 Å². The Hall–Kier alpha value is -2.48. The van der Waals surface area contributed by atoms with Crippen molar-refractivity contribution in [3.63, 3.8) is 0 Å². The number of sulfone groups is 1. The van der Waals surface area contributed by atoms with Crippen LogP contribution in [-0.2, 0) is 16.3 Å². The van der Waals surface area contributed by atoms with Gasteiger partial charge < -0.3 is 10.1 Å². The maximum Gasteiger partial charge on any atom is 0.341 e. The molecule has 0 fully saturated rings. The van der Waals surface area contributed by atoms with Crippen LogP contribution < -0.4 is 10.1 Å². The Bertz CT molecular complexity index is 836. The SMILES string of the molecule is COc1ccccc1CCNC(=O)c1ccc(S(=O)(=O)C(F)F)cc1. The van der Waals surface area contributed by atoms with Gasteiger partial charge in [-0.3, -0.25) is 4.79 Å². The Morgan fingerprint density at radius 2 is 1.76 bits per heavy atom. The number of ether oxygens (including phenoxy) is 1. The minimum absolute atomic E-state index is 0.188.